The van der Waals surface area contributed by atoms with Gasteiger partial charge in [0.1, 0.15) is 17.2 Å². The molecule has 0 saturated heterocycles. The van der Waals surface area contributed by atoms with Crippen LogP contribution in [-0.2, 0) is 13.3 Å². The van der Waals surface area contributed by atoms with Crippen molar-refractivity contribution in [2.24, 2.45) is 0 Å². The highest BCUT2D eigenvalue weighted by molar-refractivity contribution is 6.61. The number of ether oxygens (including phenoxy) is 3. The summed E-state index contributed by atoms with van der Waals surface area (Å²) in [5, 5.41) is 0. The summed E-state index contributed by atoms with van der Waals surface area (Å²) in [4.78, 5) is 0. The zero-order valence-electron chi connectivity index (χ0n) is 24.1. The Kier molecular flexibility index (Phi) is 13.8. The first-order chi connectivity index (χ1) is 19.5. The molecular formula is C33H44O6Si. The van der Waals surface area contributed by atoms with Crippen molar-refractivity contribution in [1.29, 1.82) is 0 Å². The lowest BCUT2D eigenvalue weighted by Crippen LogP contribution is -2.51. The third-order valence-electron chi connectivity index (χ3n) is 6.15. The van der Waals surface area contributed by atoms with Crippen LogP contribution in [0.15, 0.2) is 104 Å². The lowest BCUT2D eigenvalue weighted by atomic mass is 10.3. The van der Waals surface area contributed by atoms with E-state index in [1.54, 1.807) is 0 Å². The predicted molar refractivity (Wildman–Crippen MR) is 162 cm³/mol. The molecular weight excluding hydrogens is 520 g/mol. The van der Waals surface area contributed by atoms with Gasteiger partial charge in [-0.05, 0) is 57.2 Å². The zero-order chi connectivity index (χ0) is 28.5. The van der Waals surface area contributed by atoms with Gasteiger partial charge in [-0.3, -0.25) is 0 Å². The average molecular weight is 565 g/mol. The molecule has 0 bridgehead atoms. The van der Waals surface area contributed by atoms with Gasteiger partial charge in [0.25, 0.3) is 0 Å². The van der Waals surface area contributed by atoms with Gasteiger partial charge in [0.05, 0.1) is 19.8 Å². The van der Waals surface area contributed by atoms with E-state index in [1.807, 2.05) is 118 Å². The minimum absolute atomic E-state index is 0.129. The Morgan fingerprint density at radius 2 is 0.850 bits per heavy atom. The van der Waals surface area contributed by atoms with Gasteiger partial charge in [-0.2, -0.15) is 0 Å². The lowest BCUT2D eigenvalue weighted by Gasteiger charge is -2.36. The number of para-hydroxylation sites is 3. The van der Waals surface area contributed by atoms with Gasteiger partial charge in [-0.25, -0.2) is 0 Å². The molecule has 0 N–H and O–H groups in total. The molecule has 216 valence electrons. The van der Waals surface area contributed by atoms with Crippen molar-refractivity contribution < 1.29 is 27.5 Å². The van der Waals surface area contributed by atoms with E-state index < -0.39 is 8.80 Å². The fraction of sp³-hybridized carbons (Fsp3) is 0.394. The molecule has 0 amide bonds. The molecule has 3 aromatic carbocycles. The molecule has 6 nitrogen and oxygen atoms in total. The van der Waals surface area contributed by atoms with Crippen LogP contribution < -0.4 is 14.2 Å². The fourth-order valence-corrected chi connectivity index (χ4v) is 7.08. The third kappa shape index (κ3) is 12.0. The molecule has 0 heterocycles. The van der Waals surface area contributed by atoms with E-state index in [4.69, 9.17) is 27.5 Å². The normalized spacial score (nSPS) is 14.9. The maximum absolute atomic E-state index is 6.65. The Morgan fingerprint density at radius 1 is 0.550 bits per heavy atom. The second kappa shape index (κ2) is 17.6. The monoisotopic (exact) mass is 564 g/mol. The number of hydrogen-bond acceptors (Lipinski definition) is 6. The Morgan fingerprint density at radius 3 is 1.12 bits per heavy atom. The maximum atomic E-state index is 6.65. The summed E-state index contributed by atoms with van der Waals surface area (Å²) >= 11 is 0. The van der Waals surface area contributed by atoms with E-state index in [0.29, 0.717) is 45.1 Å². The molecule has 3 rings (SSSR count). The zero-order valence-corrected chi connectivity index (χ0v) is 25.1. The largest absolute Gasteiger partial charge is 0.505 e. The number of benzene rings is 3. The summed E-state index contributed by atoms with van der Waals surface area (Å²) in [6, 6.07) is 29.9. The molecule has 3 aromatic rings. The molecule has 0 aliphatic rings. The van der Waals surface area contributed by atoms with Crippen LogP contribution in [-0.4, -0.2) is 46.9 Å². The molecule has 0 saturated carbocycles. The first-order valence-corrected chi connectivity index (χ1v) is 16.1. The van der Waals surface area contributed by atoms with Crippen LogP contribution in [0.1, 0.15) is 40.0 Å². The van der Waals surface area contributed by atoms with Gasteiger partial charge in [0, 0.05) is 43.6 Å². The van der Waals surface area contributed by atoms with Crippen LogP contribution in [0.5, 0.6) is 17.2 Å². The Labute approximate surface area is 241 Å². The van der Waals surface area contributed by atoms with Crippen LogP contribution in [0.4, 0.5) is 0 Å². The van der Waals surface area contributed by atoms with Gasteiger partial charge in [0.15, 0.2) is 0 Å². The number of rotatable bonds is 20. The quantitative estimate of drug-likeness (QED) is 0.103. The molecule has 3 atom stereocenters. The summed E-state index contributed by atoms with van der Waals surface area (Å²) in [5.41, 5.74) is 0. The molecule has 0 fully saturated rings. The van der Waals surface area contributed by atoms with Crippen molar-refractivity contribution in [1.82, 2.24) is 0 Å². The molecule has 0 spiro atoms. The van der Waals surface area contributed by atoms with Gasteiger partial charge in [-0.1, -0.05) is 60.7 Å². The lowest BCUT2D eigenvalue weighted by molar-refractivity contribution is -0.0176. The molecule has 0 radical (unpaired) electrons. The summed E-state index contributed by atoms with van der Waals surface area (Å²) in [7, 11) is -3.16. The van der Waals surface area contributed by atoms with E-state index in [9.17, 15) is 0 Å². The van der Waals surface area contributed by atoms with Gasteiger partial charge < -0.3 is 27.5 Å². The van der Waals surface area contributed by atoms with Crippen LogP contribution in [0.2, 0.25) is 6.04 Å². The molecule has 3 unspecified atom stereocenters. The minimum Gasteiger partial charge on any atom is -0.493 e. The molecule has 0 aromatic heterocycles. The molecule has 40 heavy (non-hydrogen) atoms. The average Bonchev–Trinajstić information content (AvgIpc) is 2.95. The van der Waals surface area contributed by atoms with Gasteiger partial charge >= 0.3 is 8.80 Å². The third-order valence-corrected chi connectivity index (χ3v) is 9.22. The highest BCUT2D eigenvalue weighted by Gasteiger charge is 2.44. The van der Waals surface area contributed by atoms with Crippen molar-refractivity contribution >= 4 is 8.80 Å². The summed E-state index contributed by atoms with van der Waals surface area (Å²) < 4.78 is 37.7. The van der Waals surface area contributed by atoms with Crippen LogP contribution >= 0.6 is 0 Å². The summed E-state index contributed by atoms with van der Waals surface area (Å²) in [6.07, 6.45) is 3.54. The van der Waals surface area contributed by atoms with Gasteiger partial charge in [-0.15, -0.1) is 6.58 Å². The highest BCUT2D eigenvalue weighted by atomic mass is 28.4. The number of allylic oxidation sites excluding steroid dienone is 1. The molecule has 7 heteroatoms. The van der Waals surface area contributed by atoms with E-state index in [-0.39, 0.29) is 18.3 Å². The number of hydrogen-bond donors (Lipinski definition) is 0. The van der Waals surface area contributed by atoms with Crippen LogP contribution in [0.3, 0.4) is 0 Å². The standard InChI is InChI=1S/C33H44O6Si/c1-5-27-40(37-28(2)21-24-34-31-15-9-6-10-16-31,38-29(3)22-25-35-32-17-11-7-12-18-32)39-30(4)23-26-36-33-19-13-8-14-20-33/h5-20,28-30H,1,21-27H2,2-4H3. The Hall–Kier alpha value is -3.10. The Bertz CT molecular complexity index is 936. The topological polar surface area (TPSA) is 55.4 Å². The molecule has 0 aliphatic heterocycles. The fourth-order valence-electron chi connectivity index (χ4n) is 4.08. The van der Waals surface area contributed by atoms with E-state index >= 15 is 0 Å². The van der Waals surface area contributed by atoms with Crippen molar-refractivity contribution in [3.8, 4) is 17.2 Å². The SMILES string of the molecule is C=CC[Si](OC(C)CCOc1ccccc1)(OC(C)CCOc1ccccc1)OC(C)CCOc1ccccc1. The highest BCUT2D eigenvalue weighted by Crippen LogP contribution is 2.26. The van der Waals surface area contributed by atoms with E-state index in [1.165, 1.54) is 0 Å². The van der Waals surface area contributed by atoms with Crippen molar-refractivity contribution in [2.45, 2.75) is 64.4 Å². The maximum Gasteiger partial charge on any atom is 0.505 e. The Balaban J connectivity index is 1.60. The summed E-state index contributed by atoms with van der Waals surface area (Å²) in [5.74, 6) is 2.53. The van der Waals surface area contributed by atoms with Gasteiger partial charge in [0.2, 0.25) is 0 Å². The van der Waals surface area contributed by atoms with Crippen LogP contribution in [0.25, 0.3) is 0 Å². The van der Waals surface area contributed by atoms with Crippen LogP contribution in [0, 0.1) is 0 Å². The minimum atomic E-state index is -3.16. The second-order valence-electron chi connectivity index (χ2n) is 9.81. The van der Waals surface area contributed by atoms with E-state index in [0.717, 1.165) is 17.2 Å². The van der Waals surface area contributed by atoms with Crippen molar-refractivity contribution in [2.75, 3.05) is 19.8 Å². The first kappa shape index (κ1) is 31.4. The smallest absolute Gasteiger partial charge is 0.493 e. The molecule has 0 aliphatic carbocycles. The predicted octanol–water partition coefficient (Wildman–Crippen LogP) is 7.73. The second-order valence-corrected chi connectivity index (χ2v) is 12.3. The van der Waals surface area contributed by atoms with E-state index in [2.05, 4.69) is 6.58 Å². The summed E-state index contributed by atoms with van der Waals surface area (Å²) in [6.45, 7) is 11.7. The first-order valence-electron chi connectivity index (χ1n) is 14.2. The van der Waals surface area contributed by atoms with Crippen molar-refractivity contribution in [3.63, 3.8) is 0 Å². The van der Waals surface area contributed by atoms with Crippen molar-refractivity contribution in [3.05, 3.63) is 104 Å².